The zero-order valence-electron chi connectivity index (χ0n) is 10.7. The number of nitrogens with zero attached hydrogens (tertiary/aromatic N) is 1. The molecule has 1 amide bonds. The Labute approximate surface area is 107 Å². The summed E-state index contributed by atoms with van der Waals surface area (Å²) >= 11 is 0. The summed E-state index contributed by atoms with van der Waals surface area (Å²) in [6.07, 6.45) is 4.58. The van der Waals surface area contributed by atoms with Crippen molar-refractivity contribution in [1.29, 1.82) is 0 Å². The van der Waals surface area contributed by atoms with E-state index in [4.69, 9.17) is 14.2 Å². The number of carbonyl (C=O) groups excluding carboxylic acids is 1. The summed E-state index contributed by atoms with van der Waals surface area (Å²) in [6, 6.07) is 0. The van der Waals surface area contributed by atoms with Crippen molar-refractivity contribution in [3.8, 4) is 0 Å². The molecule has 3 heterocycles. The van der Waals surface area contributed by atoms with Crippen LogP contribution in [0.1, 0.15) is 32.1 Å². The Morgan fingerprint density at radius 1 is 1.22 bits per heavy atom. The van der Waals surface area contributed by atoms with Crippen molar-refractivity contribution in [3.05, 3.63) is 0 Å². The third-order valence-electron chi connectivity index (χ3n) is 4.01. The topological polar surface area (TPSA) is 48.0 Å². The molecule has 1 unspecified atom stereocenters. The first kappa shape index (κ1) is 12.4. The minimum Gasteiger partial charge on any atom is -0.378 e. The maximum absolute atomic E-state index is 12.2. The first-order valence-electron chi connectivity index (χ1n) is 6.95. The highest BCUT2D eigenvalue weighted by molar-refractivity contribution is 5.77. The van der Waals surface area contributed by atoms with Crippen LogP contribution in [0.4, 0.5) is 0 Å². The average molecular weight is 255 g/mol. The van der Waals surface area contributed by atoms with Crippen LogP contribution in [-0.4, -0.2) is 55.6 Å². The molecule has 1 spiro atoms. The van der Waals surface area contributed by atoms with Crippen molar-refractivity contribution >= 4 is 5.91 Å². The Balaban J connectivity index is 1.56. The van der Waals surface area contributed by atoms with E-state index in [-0.39, 0.29) is 12.0 Å². The fourth-order valence-corrected chi connectivity index (χ4v) is 3.06. The molecular weight excluding hydrogens is 234 g/mol. The number of amides is 1. The van der Waals surface area contributed by atoms with E-state index in [9.17, 15) is 4.79 Å². The SMILES string of the molecule is O=C(CC1CCCO1)N1CCCC2(C1)OCCO2. The molecule has 1 atom stereocenters. The summed E-state index contributed by atoms with van der Waals surface area (Å²) in [5, 5.41) is 0. The Bertz CT molecular complexity index is 308. The van der Waals surface area contributed by atoms with Gasteiger partial charge in [0.25, 0.3) is 0 Å². The van der Waals surface area contributed by atoms with Gasteiger partial charge in [0, 0.05) is 19.6 Å². The van der Waals surface area contributed by atoms with Crippen LogP contribution in [-0.2, 0) is 19.0 Å². The summed E-state index contributed by atoms with van der Waals surface area (Å²) in [5.74, 6) is -0.329. The largest absolute Gasteiger partial charge is 0.378 e. The number of rotatable bonds is 2. The molecule has 0 saturated carbocycles. The van der Waals surface area contributed by atoms with E-state index in [0.717, 1.165) is 38.8 Å². The molecule has 5 nitrogen and oxygen atoms in total. The first-order valence-corrected chi connectivity index (χ1v) is 6.95. The minimum absolute atomic E-state index is 0.126. The van der Waals surface area contributed by atoms with Gasteiger partial charge in [0.15, 0.2) is 5.79 Å². The highest BCUT2D eigenvalue weighted by Crippen LogP contribution is 2.30. The maximum Gasteiger partial charge on any atom is 0.225 e. The molecule has 3 saturated heterocycles. The smallest absolute Gasteiger partial charge is 0.225 e. The van der Waals surface area contributed by atoms with E-state index in [0.29, 0.717) is 26.2 Å². The van der Waals surface area contributed by atoms with Gasteiger partial charge in [-0.3, -0.25) is 4.79 Å². The number of carbonyl (C=O) groups is 1. The zero-order valence-corrected chi connectivity index (χ0v) is 10.7. The van der Waals surface area contributed by atoms with Gasteiger partial charge >= 0.3 is 0 Å². The Kier molecular flexibility index (Phi) is 3.54. The van der Waals surface area contributed by atoms with Crippen LogP contribution in [0.2, 0.25) is 0 Å². The quantitative estimate of drug-likeness (QED) is 0.736. The van der Waals surface area contributed by atoms with Gasteiger partial charge in [-0.15, -0.1) is 0 Å². The van der Waals surface area contributed by atoms with Crippen molar-refractivity contribution < 1.29 is 19.0 Å². The normalized spacial score (nSPS) is 31.1. The fourth-order valence-electron chi connectivity index (χ4n) is 3.06. The Morgan fingerprint density at radius 2 is 2.06 bits per heavy atom. The number of hydrogen-bond acceptors (Lipinski definition) is 4. The molecule has 0 aromatic carbocycles. The summed E-state index contributed by atoms with van der Waals surface area (Å²) in [5.41, 5.74) is 0. The van der Waals surface area contributed by atoms with Crippen molar-refractivity contribution in [1.82, 2.24) is 4.90 Å². The van der Waals surface area contributed by atoms with Gasteiger partial charge < -0.3 is 19.1 Å². The van der Waals surface area contributed by atoms with Crippen LogP contribution in [0.15, 0.2) is 0 Å². The standard InChI is InChI=1S/C13H21NO4/c15-12(9-11-3-1-6-16-11)14-5-2-4-13(10-14)17-7-8-18-13/h11H,1-10H2. The molecule has 0 aromatic rings. The van der Waals surface area contributed by atoms with Gasteiger partial charge in [0.2, 0.25) is 5.91 Å². The summed E-state index contributed by atoms with van der Waals surface area (Å²) in [6.45, 7) is 3.49. The maximum atomic E-state index is 12.2. The van der Waals surface area contributed by atoms with E-state index in [1.54, 1.807) is 0 Å². The van der Waals surface area contributed by atoms with E-state index in [1.165, 1.54) is 0 Å². The molecule has 0 bridgehead atoms. The lowest BCUT2D eigenvalue weighted by molar-refractivity contribution is -0.193. The Morgan fingerprint density at radius 3 is 2.78 bits per heavy atom. The molecule has 5 heteroatoms. The molecule has 102 valence electrons. The van der Waals surface area contributed by atoms with Crippen LogP contribution >= 0.6 is 0 Å². The third-order valence-corrected chi connectivity index (χ3v) is 4.01. The highest BCUT2D eigenvalue weighted by Gasteiger charge is 2.42. The molecule has 3 fully saturated rings. The predicted molar refractivity (Wildman–Crippen MR) is 64.0 cm³/mol. The monoisotopic (exact) mass is 255 g/mol. The Hall–Kier alpha value is -0.650. The van der Waals surface area contributed by atoms with E-state index in [1.807, 2.05) is 4.90 Å². The van der Waals surface area contributed by atoms with E-state index in [2.05, 4.69) is 0 Å². The average Bonchev–Trinajstić information content (AvgIpc) is 3.02. The number of likely N-dealkylation sites (tertiary alicyclic amines) is 1. The van der Waals surface area contributed by atoms with Gasteiger partial charge in [0.05, 0.1) is 32.3 Å². The second kappa shape index (κ2) is 5.15. The molecule has 0 aromatic heterocycles. The summed E-state index contributed by atoms with van der Waals surface area (Å²) < 4.78 is 16.9. The number of piperidine rings is 1. The lowest BCUT2D eigenvalue weighted by atomic mass is 10.0. The van der Waals surface area contributed by atoms with Gasteiger partial charge in [-0.2, -0.15) is 0 Å². The van der Waals surface area contributed by atoms with Crippen LogP contribution in [0.5, 0.6) is 0 Å². The van der Waals surface area contributed by atoms with Crippen LogP contribution in [0, 0.1) is 0 Å². The van der Waals surface area contributed by atoms with Crippen molar-refractivity contribution in [2.75, 3.05) is 32.9 Å². The summed E-state index contributed by atoms with van der Waals surface area (Å²) in [4.78, 5) is 14.1. The molecule has 3 aliphatic rings. The van der Waals surface area contributed by atoms with Gasteiger partial charge in [-0.05, 0) is 19.3 Å². The van der Waals surface area contributed by atoms with Gasteiger partial charge in [-0.25, -0.2) is 0 Å². The summed E-state index contributed by atoms with van der Waals surface area (Å²) in [7, 11) is 0. The molecule has 3 rings (SSSR count). The van der Waals surface area contributed by atoms with Crippen molar-refractivity contribution in [2.24, 2.45) is 0 Å². The van der Waals surface area contributed by atoms with Crippen LogP contribution in [0.25, 0.3) is 0 Å². The molecule has 0 aliphatic carbocycles. The van der Waals surface area contributed by atoms with Crippen molar-refractivity contribution in [3.63, 3.8) is 0 Å². The number of ether oxygens (including phenoxy) is 3. The van der Waals surface area contributed by atoms with Crippen molar-refractivity contribution in [2.45, 2.75) is 44.0 Å². The lowest BCUT2D eigenvalue weighted by Crippen LogP contribution is -2.51. The highest BCUT2D eigenvalue weighted by atomic mass is 16.7. The minimum atomic E-state index is -0.509. The van der Waals surface area contributed by atoms with Gasteiger partial charge in [0.1, 0.15) is 0 Å². The molecular formula is C13H21NO4. The second-order valence-corrected chi connectivity index (χ2v) is 5.37. The van der Waals surface area contributed by atoms with Gasteiger partial charge in [-0.1, -0.05) is 0 Å². The molecule has 0 radical (unpaired) electrons. The third kappa shape index (κ3) is 2.53. The number of hydrogen-bond donors (Lipinski definition) is 0. The van der Waals surface area contributed by atoms with E-state index < -0.39 is 5.79 Å². The molecule has 0 N–H and O–H groups in total. The molecule has 18 heavy (non-hydrogen) atoms. The zero-order chi connectivity index (χ0) is 12.4. The first-order chi connectivity index (χ1) is 8.77. The van der Waals surface area contributed by atoms with Crippen LogP contribution < -0.4 is 0 Å². The van der Waals surface area contributed by atoms with Crippen LogP contribution in [0.3, 0.4) is 0 Å². The van der Waals surface area contributed by atoms with E-state index >= 15 is 0 Å². The predicted octanol–water partition coefficient (Wildman–Crippen LogP) is 0.921. The second-order valence-electron chi connectivity index (χ2n) is 5.37. The fraction of sp³-hybridized carbons (Fsp3) is 0.923. The molecule has 3 aliphatic heterocycles. The lowest BCUT2D eigenvalue weighted by Gasteiger charge is -2.38.